The van der Waals surface area contributed by atoms with E-state index in [1.165, 1.54) is 12.1 Å². The van der Waals surface area contributed by atoms with E-state index in [0.29, 0.717) is 12.0 Å². The normalized spacial score (nSPS) is 13.7. The molecule has 0 fully saturated rings. The van der Waals surface area contributed by atoms with Gasteiger partial charge in [-0.1, -0.05) is 24.3 Å². The minimum absolute atomic E-state index is 0.109. The van der Waals surface area contributed by atoms with E-state index in [1.54, 1.807) is 40.0 Å². The van der Waals surface area contributed by atoms with Gasteiger partial charge in [-0.15, -0.1) is 0 Å². The molecule has 2 N–H and O–H groups in total. The predicted molar refractivity (Wildman–Crippen MR) is 113 cm³/mol. The number of methoxy groups -OCH3 is 1. The maximum Gasteiger partial charge on any atom is 0.224 e. The van der Waals surface area contributed by atoms with Crippen molar-refractivity contribution < 1.29 is 23.1 Å². The maximum atomic E-state index is 12.2. The molecule has 0 unspecified atom stereocenters. The highest BCUT2D eigenvalue weighted by molar-refractivity contribution is 7.92. The van der Waals surface area contributed by atoms with Crippen LogP contribution in [0.15, 0.2) is 53.4 Å². The number of hydrogen-bond donors (Lipinski definition) is 2. The molecule has 2 rings (SSSR count). The second-order valence-corrected chi connectivity index (χ2v) is 10.2. The fourth-order valence-corrected chi connectivity index (χ4v) is 3.91. The molecule has 0 saturated carbocycles. The second-order valence-electron chi connectivity index (χ2n) is 7.71. The predicted octanol–water partition coefficient (Wildman–Crippen LogP) is 2.53. The molecular weight excluding hydrogens is 390 g/mol. The Morgan fingerprint density at radius 2 is 1.62 bits per heavy atom. The van der Waals surface area contributed by atoms with E-state index in [0.717, 1.165) is 11.3 Å². The summed E-state index contributed by atoms with van der Waals surface area (Å²) in [6.07, 6.45) is 0.500. The van der Waals surface area contributed by atoms with Crippen molar-refractivity contribution in [2.45, 2.75) is 49.4 Å². The Kier molecular flexibility index (Phi) is 7.43. The summed E-state index contributed by atoms with van der Waals surface area (Å²) in [6, 6.07) is 13.7. The van der Waals surface area contributed by atoms with Crippen LogP contribution in [0.5, 0.6) is 5.75 Å². The van der Waals surface area contributed by atoms with Crippen molar-refractivity contribution in [3.63, 3.8) is 0 Å². The Labute approximate surface area is 172 Å². The maximum absolute atomic E-state index is 12.2. The number of benzene rings is 2. The third-order valence-corrected chi connectivity index (χ3v) is 6.82. The summed E-state index contributed by atoms with van der Waals surface area (Å²) >= 11 is 0. The monoisotopic (exact) mass is 419 g/mol. The fourth-order valence-electron chi connectivity index (χ4n) is 2.85. The topological polar surface area (TPSA) is 92.7 Å². The lowest BCUT2D eigenvalue weighted by atomic mass is 9.96. The van der Waals surface area contributed by atoms with Crippen LogP contribution in [0.2, 0.25) is 0 Å². The summed E-state index contributed by atoms with van der Waals surface area (Å²) in [7, 11) is -1.73. The molecule has 158 valence electrons. The van der Waals surface area contributed by atoms with Crippen molar-refractivity contribution >= 4 is 15.7 Å². The molecule has 0 radical (unpaired) electrons. The van der Waals surface area contributed by atoms with Gasteiger partial charge in [0.05, 0.1) is 29.3 Å². The van der Waals surface area contributed by atoms with Crippen molar-refractivity contribution in [1.82, 2.24) is 5.32 Å². The lowest BCUT2D eigenvalue weighted by Crippen LogP contribution is -2.42. The van der Waals surface area contributed by atoms with Gasteiger partial charge in [-0.25, -0.2) is 8.42 Å². The Bertz CT molecular complexity index is 917. The number of carbonyl (C=O) groups excluding carboxylic acids is 1. The molecule has 0 aliphatic heterocycles. The van der Waals surface area contributed by atoms with E-state index >= 15 is 0 Å². The van der Waals surface area contributed by atoms with Gasteiger partial charge in [0.1, 0.15) is 5.75 Å². The third-order valence-electron chi connectivity index (χ3n) is 4.65. The molecule has 0 aliphatic rings. The van der Waals surface area contributed by atoms with Gasteiger partial charge >= 0.3 is 0 Å². The summed E-state index contributed by atoms with van der Waals surface area (Å²) in [6.45, 7) is 5.05. The average molecular weight is 420 g/mol. The molecule has 7 heteroatoms. The van der Waals surface area contributed by atoms with Gasteiger partial charge in [0, 0.05) is 13.0 Å². The van der Waals surface area contributed by atoms with Crippen molar-refractivity contribution in [1.29, 1.82) is 0 Å². The van der Waals surface area contributed by atoms with Gasteiger partial charge in [0.2, 0.25) is 5.91 Å². The number of aliphatic hydroxyl groups is 1. The highest BCUT2D eigenvalue weighted by Gasteiger charge is 2.22. The first kappa shape index (κ1) is 22.9. The van der Waals surface area contributed by atoms with Gasteiger partial charge in [0.15, 0.2) is 9.84 Å². The lowest BCUT2D eigenvalue weighted by molar-refractivity contribution is -0.121. The molecule has 0 bridgehead atoms. The van der Waals surface area contributed by atoms with Crippen LogP contribution < -0.4 is 10.1 Å². The molecule has 6 nitrogen and oxygen atoms in total. The van der Waals surface area contributed by atoms with Crippen LogP contribution >= 0.6 is 0 Å². The Morgan fingerprint density at radius 3 is 2.14 bits per heavy atom. The molecule has 1 amide bonds. The number of hydrogen-bond acceptors (Lipinski definition) is 5. The average Bonchev–Trinajstić information content (AvgIpc) is 2.67. The Morgan fingerprint density at radius 1 is 1.07 bits per heavy atom. The first-order valence-corrected chi connectivity index (χ1v) is 11.0. The summed E-state index contributed by atoms with van der Waals surface area (Å²) in [5.74, 6) is 0.508. The van der Waals surface area contributed by atoms with Crippen LogP contribution in [0.1, 0.15) is 31.9 Å². The number of carbonyl (C=O) groups is 1. The van der Waals surface area contributed by atoms with Crippen molar-refractivity contribution in [2.24, 2.45) is 0 Å². The summed E-state index contributed by atoms with van der Waals surface area (Å²) in [5, 5.41) is 12.8. The van der Waals surface area contributed by atoms with Crippen LogP contribution in [0.3, 0.4) is 0 Å². The molecule has 0 heterocycles. The largest absolute Gasteiger partial charge is 0.497 e. The molecule has 2 aromatic rings. The Balaban J connectivity index is 1.89. The summed E-state index contributed by atoms with van der Waals surface area (Å²) in [4.78, 5) is 12.5. The highest BCUT2D eigenvalue weighted by Crippen LogP contribution is 2.18. The van der Waals surface area contributed by atoms with Gasteiger partial charge in [0.25, 0.3) is 0 Å². The van der Waals surface area contributed by atoms with E-state index in [2.05, 4.69) is 5.32 Å². The Hall–Kier alpha value is -2.38. The third kappa shape index (κ3) is 6.58. The van der Waals surface area contributed by atoms with Crippen LogP contribution in [0.25, 0.3) is 0 Å². The van der Waals surface area contributed by atoms with E-state index < -0.39 is 20.7 Å². The fraction of sp³-hybridized carbons (Fsp3) is 0.409. The quantitative estimate of drug-likeness (QED) is 0.652. The summed E-state index contributed by atoms with van der Waals surface area (Å²) < 4.78 is 29.4. The molecule has 0 aliphatic carbocycles. The van der Waals surface area contributed by atoms with Crippen LogP contribution in [0, 0.1) is 0 Å². The van der Waals surface area contributed by atoms with E-state index in [1.807, 2.05) is 24.3 Å². The number of amides is 1. The minimum Gasteiger partial charge on any atom is -0.497 e. The van der Waals surface area contributed by atoms with Gasteiger partial charge in [-0.2, -0.15) is 0 Å². The first-order valence-electron chi connectivity index (χ1n) is 9.48. The zero-order valence-corrected chi connectivity index (χ0v) is 18.1. The zero-order valence-electron chi connectivity index (χ0n) is 17.3. The standard InChI is InChI=1S/C22H29NO5S/c1-16(2)29(26,27)20-11-7-17(8-12-20)13-21(24)23-15-22(3,25)14-18-5-9-19(28-4)10-6-18/h5-12,16,25H,13-15H2,1-4H3,(H,23,24)/t22-/m0/s1. The van der Waals surface area contributed by atoms with Crippen LogP contribution in [-0.2, 0) is 27.5 Å². The van der Waals surface area contributed by atoms with E-state index in [-0.39, 0.29) is 23.8 Å². The molecular formula is C22H29NO5S. The number of nitrogens with one attached hydrogen (secondary N) is 1. The molecule has 2 aromatic carbocycles. The number of sulfone groups is 1. The molecule has 0 spiro atoms. The highest BCUT2D eigenvalue weighted by atomic mass is 32.2. The van der Waals surface area contributed by atoms with Crippen molar-refractivity contribution in [3.8, 4) is 5.75 Å². The SMILES string of the molecule is COc1ccc(C[C@](C)(O)CNC(=O)Cc2ccc(S(=O)(=O)C(C)C)cc2)cc1. The second kappa shape index (κ2) is 9.41. The molecule has 1 atom stereocenters. The minimum atomic E-state index is -3.33. The lowest BCUT2D eigenvalue weighted by Gasteiger charge is -2.24. The van der Waals surface area contributed by atoms with Crippen molar-refractivity contribution in [3.05, 3.63) is 59.7 Å². The van der Waals surface area contributed by atoms with E-state index in [9.17, 15) is 18.3 Å². The van der Waals surface area contributed by atoms with E-state index in [4.69, 9.17) is 4.74 Å². The zero-order chi connectivity index (χ0) is 21.7. The summed E-state index contributed by atoms with van der Waals surface area (Å²) in [5.41, 5.74) is 0.548. The molecule has 0 saturated heterocycles. The molecule has 0 aromatic heterocycles. The number of rotatable bonds is 9. The number of ether oxygens (including phenoxy) is 1. The van der Waals surface area contributed by atoms with Crippen LogP contribution in [0.4, 0.5) is 0 Å². The van der Waals surface area contributed by atoms with Crippen molar-refractivity contribution in [2.75, 3.05) is 13.7 Å². The van der Waals surface area contributed by atoms with Gasteiger partial charge in [-0.05, 0) is 56.2 Å². The van der Waals surface area contributed by atoms with Gasteiger partial charge < -0.3 is 15.2 Å². The smallest absolute Gasteiger partial charge is 0.224 e. The molecule has 29 heavy (non-hydrogen) atoms. The van der Waals surface area contributed by atoms with Gasteiger partial charge in [-0.3, -0.25) is 4.79 Å². The first-order chi connectivity index (χ1) is 13.5. The van der Waals surface area contributed by atoms with Crippen LogP contribution in [-0.4, -0.2) is 43.9 Å².